The van der Waals surface area contributed by atoms with Gasteiger partial charge in [0.1, 0.15) is 0 Å². The molecule has 0 amide bonds. The first kappa shape index (κ1) is 14.0. The van der Waals surface area contributed by atoms with Crippen molar-refractivity contribution in [1.82, 2.24) is 13.5 Å². The molecule has 0 bridgehead atoms. The maximum Gasteiger partial charge on any atom is 0.323 e. The van der Waals surface area contributed by atoms with Crippen molar-refractivity contribution in [2.24, 2.45) is 5.92 Å². The molecule has 0 unspecified atom stereocenters. The minimum Gasteiger partial charge on any atom is -0.187 e. The molecule has 0 aromatic carbocycles. The number of halogens is 1. The predicted octanol–water partition coefficient (Wildman–Crippen LogP) is 2.09. The number of piperidine rings is 1. The number of hydrogen-bond donors (Lipinski definition) is 0. The highest BCUT2D eigenvalue weighted by Gasteiger charge is 2.30. The van der Waals surface area contributed by atoms with Crippen molar-refractivity contribution in [2.45, 2.75) is 33.6 Å². The maximum atomic E-state index is 12.5. The van der Waals surface area contributed by atoms with Crippen LogP contribution in [0.1, 0.15) is 31.2 Å². The Bertz CT molecular complexity index is 545. The number of aromatic nitrogens is 2. The third-order valence-corrected chi connectivity index (χ3v) is 6.41. The molecule has 0 radical (unpaired) electrons. The molecule has 0 aliphatic carbocycles. The first-order chi connectivity index (χ1) is 8.34. The molecule has 0 N–H and O–H groups in total. The standard InChI is InChI=1S/C11H18BrN3O2S/c1-8-4-6-14(7-5-8)18(16,17)15-10(3)11(12)9(2)13-15/h8H,4-7H2,1-3H3. The Balaban J connectivity index is 2.33. The number of hydrogen-bond acceptors (Lipinski definition) is 3. The third-order valence-electron chi connectivity index (χ3n) is 3.45. The maximum absolute atomic E-state index is 12.5. The molecule has 2 heterocycles. The van der Waals surface area contributed by atoms with E-state index in [2.05, 4.69) is 28.0 Å². The lowest BCUT2D eigenvalue weighted by Crippen LogP contribution is -2.41. The van der Waals surface area contributed by atoms with Crippen molar-refractivity contribution in [3.63, 3.8) is 0 Å². The molecule has 0 saturated carbocycles. The second-order valence-electron chi connectivity index (χ2n) is 4.92. The summed E-state index contributed by atoms with van der Waals surface area (Å²) in [4.78, 5) is 0. The van der Waals surface area contributed by atoms with E-state index < -0.39 is 10.2 Å². The van der Waals surface area contributed by atoms with Crippen LogP contribution < -0.4 is 0 Å². The second-order valence-corrected chi connectivity index (χ2v) is 7.47. The van der Waals surface area contributed by atoms with Gasteiger partial charge in [0.25, 0.3) is 0 Å². The zero-order chi connectivity index (χ0) is 13.5. The molecule has 1 aliphatic heterocycles. The summed E-state index contributed by atoms with van der Waals surface area (Å²) in [6.07, 6.45) is 1.83. The van der Waals surface area contributed by atoms with Crippen molar-refractivity contribution >= 4 is 26.1 Å². The topological polar surface area (TPSA) is 55.2 Å². The fourth-order valence-electron chi connectivity index (χ4n) is 2.15. The molecule has 1 aliphatic rings. The summed E-state index contributed by atoms with van der Waals surface area (Å²) in [7, 11) is -3.51. The van der Waals surface area contributed by atoms with Gasteiger partial charge >= 0.3 is 10.2 Å². The lowest BCUT2D eigenvalue weighted by molar-refractivity contribution is 0.284. The van der Waals surface area contributed by atoms with Gasteiger partial charge in [0.15, 0.2) is 0 Å². The highest BCUT2D eigenvalue weighted by molar-refractivity contribution is 9.10. The van der Waals surface area contributed by atoms with Crippen LogP contribution in [0.5, 0.6) is 0 Å². The van der Waals surface area contributed by atoms with Gasteiger partial charge in [0, 0.05) is 13.1 Å². The van der Waals surface area contributed by atoms with Crippen LogP contribution in [0.15, 0.2) is 4.47 Å². The zero-order valence-corrected chi connectivity index (χ0v) is 13.3. The van der Waals surface area contributed by atoms with Gasteiger partial charge in [-0.25, -0.2) is 0 Å². The lowest BCUT2D eigenvalue weighted by Gasteiger charge is -2.29. The fourth-order valence-corrected chi connectivity index (χ4v) is 4.07. The Kier molecular flexibility index (Phi) is 3.85. The molecule has 2 rings (SSSR count). The molecule has 1 fully saturated rings. The second kappa shape index (κ2) is 4.94. The third kappa shape index (κ3) is 2.35. The summed E-state index contributed by atoms with van der Waals surface area (Å²) >= 11 is 3.36. The van der Waals surface area contributed by atoms with Gasteiger partial charge in [0.2, 0.25) is 0 Å². The quantitative estimate of drug-likeness (QED) is 0.831. The normalized spacial score (nSPS) is 19.3. The van der Waals surface area contributed by atoms with Crippen LogP contribution >= 0.6 is 15.9 Å². The molecule has 18 heavy (non-hydrogen) atoms. The van der Waals surface area contributed by atoms with Gasteiger partial charge in [-0.05, 0) is 48.5 Å². The van der Waals surface area contributed by atoms with E-state index in [4.69, 9.17) is 0 Å². The summed E-state index contributed by atoms with van der Waals surface area (Å²) in [6.45, 7) is 6.87. The van der Waals surface area contributed by atoms with Crippen LogP contribution in [-0.2, 0) is 10.2 Å². The van der Waals surface area contributed by atoms with Gasteiger partial charge in [-0.1, -0.05) is 6.92 Å². The number of aryl methyl sites for hydroxylation is 1. The Morgan fingerprint density at radius 1 is 1.28 bits per heavy atom. The molecular weight excluding hydrogens is 318 g/mol. The molecule has 1 aromatic rings. The number of rotatable bonds is 2. The van der Waals surface area contributed by atoms with E-state index in [9.17, 15) is 8.42 Å². The van der Waals surface area contributed by atoms with Crippen LogP contribution in [0.4, 0.5) is 0 Å². The minimum atomic E-state index is -3.51. The van der Waals surface area contributed by atoms with Crippen molar-refractivity contribution in [2.75, 3.05) is 13.1 Å². The summed E-state index contributed by atoms with van der Waals surface area (Å²) in [5.41, 5.74) is 1.33. The van der Waals surface area contributed by atoms with Gasteiger partial charge in [-0.3, -0.25) is 0 Å². The molecular formula is C11H18BrN3O2S. The first-order valence-electron chi connectivity index (χ1n) is 6.06. The Morgan fingerprint density at radius 2 is 1.83 bits per heavy atom. The predicted molar refractivity (Wildman–Crippen MR) is 73.7 cm³/mol. The van der Waals surface area contributed by atoms with E-state index in [1.54, 1.807) is 13.8 Å². The molecule has 5 nitrogen and oxygen atoms in total. The van der Waals surface area contributed by atoms with E-state index in [0.29, 0.717) is 30.4 Å². The fraction of sp³-hybridized carbons (Fsp3) is 0.727. The molecule has 1 saturated heterocycles. The first-order valence-corrected chi connectivity index (χ1v) is 8.25. The molecule has 0 atom stereocenters. The highest BCUT2D eigenvalue weighted by Crippen LogP contribution is 2.24. The monoisotopic (exact) mass is 335 g/mol. The molecule has 0 spiro atoms. The highest BCUT2D eigenvalue weighted by atomic mass is 79.9. The molecule has 102 valence electrons. The SMILES string of the molecule is Cc1nn(S(=O)(=O)N2CCC(C)CC2)c(C)c1Br. The van der Waals surface area contributed by atoms with Gasteiger partial charge in [0.05, 0.1) is 15.9 Å². The Morgan fingerprint density at radius 3 is 2.28 bits per heavy atom. The minimum absolute atomic E-state index is 0.583. The molecule has 7 heteroatoms. The number of nitrogens with zero attached hydrogens (tertiary/aromatic N) is 3. The van der Waals surface area contributed by atoms with Gasteiger partial charge in [-0.15, -0.1) is 4.09 Å². The average Bonchev–Trinajstić information content (AvgIpc) is 2.58. The zero-order valence-electron chi connectivity index (χ0n) is 10.9. The Labute approximate surface area is 116 Å². The summed E-state index contributed by atoms with van der Waals surface area (Å²) < 4.78 is 28.4. The van der Waals surface area contributed by atoms with E-state index in [-0.39, 0.29) is 0 Å². The lowest BCUT2D eigenvalue weighted by atomic mass is 10.0. The van der Waals surface area contributed by atoms with Crippen molar-refractivity contribution in [3.05, 3.63) is 15.9 Å². The van der Waals surface area contributed by atoms with E-state index >= 15 is 0 Å². The van der Waals surface area contributed by atoms with E-state index in [1.807, 2.05) is 0 Å². The van der Waals surface area contributed by atoms with Crippen LogP contribution in [0.25, 0.3) is 0 Å². The smallest absolute Gasteiger partial charge is 0.187 e. The van der Waals surface area contributed by atoms with E-state index in [0.717, 1.165) is 21.4 Å². The van der Waals surface area contributed by atoms with Crippen molar-refractivity contribution in [3.8, 4) is 0 Å². The van der Waals surface area contributed by atoms with Crippen molar-refractivity contribution in [1.29, 1.82) is 0 Å². The van der Waals surface area contributed by atoms with Gasteiger partial charge in [-0.2, -0.15) is 17.8 Å². The summed E-state index contributed by atoms with van der Waals surface area (Å²) in [5.74, 6) is 0.601. The molecule has 1 aromatic heterocycles. The largest absolute Gasteiger partial charge is 0.323 e. The van der Waals surface area contributed by atoms with Crippen LogP contribution in [0.3, 0.4) is 0 Å². The average molecular weight is 336 g/mol. The Hall–Kier alpha value is -0.400. The summed E-state index contributed by atoms with van der Waals surface area (Å²) in [5, 5.41) is 4.12. The van der Waals surface area contributed by atoms with E-state index in [1.165, 1.54) is 4.31 Å². The summed E-state index contributed by atoms with van der Waals surface area (Å²) in [6, 6.07) is 0. The van der Waals surface area contributed by atoms with Crippen molar-refractivity contribution < 1.29 is 8.42 Å². The van der Waals surface area contributed by atoms with Crippen LogP contribution in [-0.4, -0.2) is 35.0 Å². The van der Waals surface area contributed by atoms with Gasteiger partial charge < -0.3 is 0 Å². The van der Waals surface area contributed by atoms with Crippen LogP contribution in [0.2, 0.25) is 0 Å². The van der Waals surface area contributed by atoms with Crippen LogP contribution in [0, 0.1) is 19.8 Å².